The number of aromatic nitrogens is 4. The summed E-state index contributed by atoms with van der Waals surface area (Å²) in [6.07, 6.45) is 5.96. The molecule has 2 heterocycles. The van der Waals surface area contributed by atoms with Crippen LogP contribution in [0.15, 0.2) is 43.1 Å². The lowest BCUT2D eigenvalue weighted by Crippen LogP contribution is -2.07. The lowest BCUT2D eigenvalue weighted by Gasteiger charge is -2.02. The van der Waals surface area contributed by atoms with Crippen LogP contribution < -0.4 is 5.32 Å². The number of hydrogen-bond donors (Lipinski definition) is 2. The van der Waals surface area contributed by atoms with E-state index >= 15 is 0 Å². The van der Waals surface area contributed by atoms with Crippen LogP contribution in [0.1, 0.15) is 5.56 Å². The lowest BCUT2D eigenvalue weighted by atomic mass is 10.1. The molecule has 3 rings (SSSR count). The highest BCUT2D eigenvalue weighted by atomic mass is 15.1. The van der Waals surface area contributed by atoms with Crippen LogP contribution in [0.25, 0.3) is 10.9 Å². The summed E-state index contributed by atoms with van der Waals surface area (Å²) in [4.78, 5) is 15.1. The zero-order chi connectivity index (χ0) is 12.2. The zero-order valence-corrected chi connectivity index (χ0v) is 9.80. The maximum absolute atomic E-state index is 4.02. The summed E-state index contributed by atoms with van der Waals surface area (Å²) in [5, 5.41) is 4.44. The summed E-state index contributed by atoms with van der Waals surface area (Å²) >= 11 is 0. The van der Waals surface area contributed by atoms with Gasteiger partial charge in [-0.2, -0.15) is 0 Å². The Bertz CT molecular complexity index is 632. The van der Waals surface area contributed by atoms with E-state index in [1.807, 2.05) is 6.07 Å². The third kappa shape index (κ3) is 2.15. The van der Waals surface area contributed by atoms with E-state index in [2.05, 4.69) is 49.6 Å². The standard InChI is InChI=1S/C13H13N5/c1-2-4-12-11(3-1)10(7-16-12)5-6-15-13-17-8-14-9-18-13/h1-4,7-9,16H,5-6H2,(H,14,15,17,18). The number of hydrogen-bond acceptors (Lipinski definition) is 4. The quantitative estimate of drug-likeness (QED) is 0.731. The predicted molar refractivity (Wildman–Crippen MR) is 70.3 cm³/mol. The molecule has 0 aliphatic carbocycles. The first-order valence-corrected chi connectivity index (χ1v) is 5.84. The molecular formula is C13H13N5. The van der Waals surface area contributed by atoms with Gasteiger partial charge in [-0.05, 0) is 18.1 Å². The molecule has 0 radical (unpaired) electrons. The second kappa shape index (κ2) is 4.83. The molecule has 5 nitrogen and oxygen atoms in total. The van der Waals surface area contributed by atoms with Gasteiger partial charge in [-0.3, -0.25) is 0 Å². The summed E-state index contributed by atoms with van der Waals surface area (Å²) in [5.74, 6) is 0.616. The fourth-order valence-corrected chi connectivity index (χ4v) is 1.98. The first-order valence-electron chi connectivity index (χ1n) is 5.84. The van der Waals surface area contributed by atoms with Gasteiger partial charge in [0.2, 0.25) is 5.95 Å². The maximum Gasteiger partial charge on any atom is 0.225 e. The molecule has 0 spiro atoms. The van der Waals surface area contributed by atoms with Crippen molar-refractivity contribution in [3.05, 3.63) is 48.7 Å². The van der Waals surface area contributed by atoms with Crippen LogP contribution in [0, 0.1) is 0 Å². The number of para-hydroxylation sites is 1. The van der Waals surface area contributed by atoms with Gasteiger partial charge in [-0.25, -0.2) is 15.0 Å². The van der Waals surface area contributed by atoms with Crippen LogP contribution in [0.5, 0.6) is 0 Å². The van der Waals surface area contributed by atoms with Crippen LogP contribution in [0.2, 0.25) is 0 Å². The molecule has 3 aromatic rings. The minimum atomic E-state index is 0.616. The minimum absolute atomic E-state index is 0.616. The third-order valence-corrected chi connectivity index (χ3v) is 2.85. The second-order valence-electron chi connectivity index (χ2n) is 4.00. The van der Waals surface area contributed by atoms with Crippen LogP contribution in [-0.2, 0) is 6.42 Å². The number of H-pyrrole nitrogens is 1. The van der Waals surface area contributed by atoms with Gasteiger partial charge in [0.05, 0.1) is 0 Å². The molecule has 0 aliphatic heterocycles. The van der Waals surface area contributed by atoms with Gasteiger partial charge in [0.1, 0.15) is 12.7 Å². The highest BCUT2D eigenvalue weighted by molar-refractivity contribution is 5.83. The molecule has 0 bridgehead atoms. The van der Waals surface area contributed by atoms with Crippen molar-refractivity contribution in [2.45, 2.75) is 6.42 Å². The van der Waals surface area contributed by atoms with Gasteiger partial charge < -0.3 is 10.3 Å². The van der Waals surface area contributed by atoms with E-state index in [9.17, 15) is 0 Å². The highest BCUT2D eigenvalue weighted by Gasteiger charge is 2.02. The molecule has 0 saturated carbocycles. The number of anilines is 1. The molecule has 5 heteroatoms. The number of aromatic amines is 1. The van der Waals surface area contributed by atoms with Crippen molar-refractivity contribution < 1.29 is 0 Å². The normalized spacial score (nSPS) is 10.7. The average Bonchev–Trinajstić information content (AvgIpc) is 2.84. The number of nitrogens with one attached hydrogen (secondary N) is 2. The summed E-state index contributed by atoms with van der Waals surface area (Å²) in [6.45, 7) is 0.797. The summed E-state index contributed by atoms with van der Waals surface area (Å²) in [5.41, 5.74) is 2.47. The first-order chi connectivity index (χ1) is 8.93. The molecule has 90 valence electrons. The molecule has 0 atom stereocenters. The average molecular weight is 239 g/mol. The smallest absolute Gasteiger partial charge is 0.225 e. The third-order valence-electron chi connectivity index (χ3n) is 2.85. The Morgan fingerprint density at radius 1 is 1.11 bits per heavy atom. The van der Waals surface area contributed by atoms with Crippen molar-refractivity contribution in [1.82, 2.24) is 19.9 Å². The van der Waals surface area contributed by atoms with Crippen LogP contribution >= 0.6 is 0 Å². The van der Waals surface area contributed by atoms with Gasteiger partial charge in [-0.1, -0.05) is 18.2 Å². The largest absolute Gasteiger partial charge is 0.361 e. The van der Waals surface area contributed by atoms with Gasteiger partial charge >= 0.3 is 0 Å². The molecule has 2 N–H and O–H groups in total. The van der Waals surface area contributed by atoms with E-state index in [-0.39, 0.29) is 0 Å². The molecule has 1 aromatic carbocycles. The molecule has 18 heavy (non-hydrogen) atoms. The Morgan fingerprint density at radius 2 is 1.94 bits per heavy atom. The van der Waals surface area contributed by atoms with E-state index in [1.165, 1.54) is 29.1 Å². The molecular weight excluding hydrogens is 226 g/mol. The van der Waals surface area contributed by atoms with E-state index in [0.717, 1.165) is 13.0 Å². The SMILES string of the molecule is c1ccc2c(CCNc3ncncn3)c[nH]c2c1. The van der Waals surface area contributed by atoms with E-state index < -0.39 is 0 Å². The molecule has 0 saturated heterocycles. The topological polar surface area (TPSA) is 66.5 Å². The van der Waals surface area contributed by atoms with Crippen LogP contribution in [0.3, 0.4) is 0 Å². The molecule has 0 unspecified atom stereocenters. The fraction of sp³-hybridized carbons (Fsp3) is 0.154. The maximum atomic E-state index is 4.02. The Morgan fingerprint density at radius 3 is 2.83 bits per heavy atom. The van der Waals surface area contributed by atoms with Crippen molar-refractivity contribution in [1.29, 1.82) is 0 Å². The summed E-state index contributed by atoms with van der Waals surface area (Å²) < 4.78 is 0. The van der Waals surface area contributed by atoms with E-state index in [1.54, 1.807) is 0 Å². The molecule has 0 amide bonds. The molecule has 0 fully saturated rings. The Kier molecular flexibility index (Phi) is 2.87. The summed E-state index contributed by atoms with van der Waals surface area (Å²) in [7, 11) is 0. The summed E-state index contributed by atoms with van der Waals surface area (Å²) in [6, 6.07) is 8.30. The number of benzene rings is 1. The van der Waals surface area contributed by atoms with Crippen molar-refractivity contribution >= 4 is 16.9 Å². The van der Waals surface area contributed by atoms with Crippen molar-refractivity contribution in [3.8, 4) is 0 Å². The number of fused-ring (bicyclic) bond motifs is 1. The van der Waals surface area contributed by atoms with Gasteiger partial charge in [0.25, 0.3) is 0 Å². The zero-order valence-electron chi connectivity index (χ0n) is 9.80. The van der Waals surface area contributed by atoms with Gasteiger partial charge in [0.15, 0.2) is 0 Å². The first kappa shape index (κ1) is 10.7. The number of nitrogens with zero attached hydrogens (tertiary/aromatic N) is 3. The molecule has 2 aromatic heterocycles. The Hall–Kier alpha value is -2.43. The van der Waals surface area contributed by atoms with Crippen molar-refractivity contribution in [2.24, 2.45) is 0 Å². The van der Waals surface area contributed by atoms with Crippen molar-refractivity contribution in [2.75, 3.05) is 11.9 Å². The van der Waals surface area contributed by atoms with Crippen molar-refractivity contribution in [3.63, 3.8) is 0 Å². The van der Waals surface area contributed by atoms with Gasteiger partial charge in [-0.15, -0.1) is 0 Å². The lowest BCUT2D eigenvalue weighted by molar-refractivity contribution is 0.966. The monoisotopic (exact) mass is 239 g/mol. The van der Waals surface area contributed by atoms with Crippen LogP contribution in [0.4, 0.5) is 5.95 Å². The fourth-order valence-electron chi connectivity index (χ4n) is 1.98. The van der Waals surface area contributed by atoms with Crippen LogP contribution in [-0.4, -0.2) is 26.5 Å². The van der Waals surface area contributed by atoms with E-state index in [0.29, 0.717) is 5.95 Å². The second-order valence-corrected chi connectivity index (χ2v) is 4.00. The number of rotatable bonds is 4. The van der Waals surface area contributed by atoms with E-state index in [4.69, 9.17) is 0 Å². The predicted octanol–water partition coefficient (Wildman–Crippen LogP) is 2.01. The Labute approximate surface area is 104 Å². The Balaban J connectivity index is 1.67. The van der Waals surface area contributed by atoms with Gasteiger partial charge in [0, 0.05) is 23.6 Å². The molecule has 0 aliphatic rings. The highest BCUT2D eigenvalue weighted by Crippen LogP contribution is 2.17. The minimum Gasteiger partial charge on any atom is -0.361 e.